The van der Waals surface area contributed by atoms with Crippen molar-refractivity contribution in [3.63, 3.8) is 0 Å². The van der Waals surface area contributed by atoms with Crippen molar-refractivity contribution in [1.82, 2.24) is 0 Å². The Bertz CT molecular complexity index is 371. The molecule has 0 bridgehead atoms. The second kappa shape index (κ2) is 4.56. The lowest BCUT2D eigenvalue weighted by atomic mass is 10.2. The van der Waals surface area contributed by atoms with Gasteiger partial charge in [0.1, 0.15) is 11.9 Å². The van der Waals surface area contributed by atoms with E-state index >= 15 is 0 Å². The predicted octanol–water partition coefficient (Wildman–Crippen LogP) is 2.63. The Morgan fingerprint density at radius 2 is 2.14 bits per heavy atom. The van der Waals surface area contributed by atoms with Crippen molar-refractivity contribution in [1.29, 1.82) is 5.26 Å². The topological polar surface area (TPSA) is 33.0 Å². The van der Waals surface area contributed by atoms with Gasteiger partial charge in [0.2, 0.25) is 0 Å². The van der Waals surface area contributed by atoms with Crippen molar-refractivity contribution >= 4 is 0 Å². The minimum atomic E-state index is -0.803. The van der Waals surface area contributed by atoms with Gasteiger partial charge >= 0.3 is 0 Å². The second-order valence-corrected chi connectivity index (χ2v) is 2.73. The van der Waals surface area contributed by atoms with Crippen LogP contribution in [0.1, 0.15) is 18.9 Å². The number of benzene rings is 1. The third-order valence-electron chi connectivity index (χ3n) is 1.59. The number of halogens is 2. The van der Waals surface area contributed by atoms with Gasteiger partial charge in [-0.3, -0.25) is 0 Å². The second-order valence-electron chi connectivity index (χ2n) is 2.73. The van der Waals surface area contributed by atoms with Gasteiger partial charge in [-0.1, -0.05) is 6.92 Å². The third kappa shape index (κ3) is 2.19. The molecular weight excluding hydrogens is 188 g/mol. The van der Waals surface area contributed by atoms with Crippen molar-refractivity contribution in [3.8, 4) is 11.8 Å². The molecule has 0 aliphatic rings. The van der Waals surface area contributed by atoms with Gasteiger partial charge in [-0.25, -0.2) is 8.78 Å². The lowest BCUT2D eigenvalue weighted by Crippen LogP contribution is -2.00. The number of hydrogen-bond acceptors (Lipinski definition) is 2. The molecule has 0 atom stereocenters. The largest absolute Gasteiger partial charge is 0.490 e. The zero-order chi connectivity index (χ0) is 10.6. The van der Waals surface area contributed by atoms with Gasteiger partial charge in [0.15, 0.2) is 11.6 Å². The van der Waals surface area contributed by atoms with Crippen LogP contribution in [0.5, 0.6) is 5.75 Å². The van der Waals surface area contributed by atoms with E-state index in [9.17, 15) is 8.78 Å². The molecule has 0 unspecified atom stereocenters. The summed E-state index contributed by atoms with van der Waals surface area (Å²) in [5.41, 5.74) is -0.337. The Morgan fingerprint density at radius 3 is 2.71 bits per heavy atom. The molecule has 0 saturated heterocycles. The predicted molar refractivity (Wildman–Crippen MR) is 46.9 cm³/mol. The molecule has 2 nitrogen and oxygen atoms in total. The number of ether oxygens (including phenoxy) is 1. The fourth-order valence-corrected chi connectivity index (χ4v) is 0.963. The van der Waals surface area contributed by atoms with Gasteiger partial charge in [-0.05, 0) is 12.5 Å². The van der Waals surface area contributed by atoms with E-state index in [4.69, 9.17) is 10.00 Å². The van der Waals surface area contributed by atoms with Crippen LogP contribution in [0.25, 0.3) is 0 Å². The van der Waals surface area contributed by atoms with Crippen LogP contribution in [0, 0.1) is 23.0 Å². The summed E-state index contributed by atoms with van der Waals surface area (Å²) in [6.07, 6.45) is 0.692. The molecule has 0 aliphatic heterocycles. The molecule has 0 fully saturated rings. The number of rotatable bonds is 3. The van der Waals surface area contributed by atoms with Crippen molar-refractivity contribution in [2.75, 3.05) is 6.61 Å². The number of hydrogen-bond donors (Lipinski definition) is 0. The highest BCUT2D eigenvalue weighted by molar-refractivity contribution is 5.39. The van der Waals surface area contributed by atoms with Gasteiger partial charge in [0.05, 0.1) is 12.2 Å². The fraction of sp³-hybridized carbons (Fsp3) is 0.300. The van der Waals surface area contributed by atoms with E-state index in [0.717, 1.165) is 12.1 Å². The van der Waals surface area contributed by atoms with E-state index in [0.29, 0.717) is 13.0 Å². The molecule has 4 heteroatoms. The monoisotopic (exact) mass is 197 g/mol. The quantitative estimate of drug-likeness (QED) is 0.746. The summed E-state index contributed by atoms with van der Waals surface area (Å²) in [6.45, 7) is 2.15. The maximum Gasteiger partial charge on any atom is 0.182 e. The fourth-order valence-electron chi connectivity index (χ4n) is 0.963. The Labute approximate surface area is 80.7 Å². The first-order chi connectivity index (χ1) is 6.69. The third-order valence-corrected chi connectivity index (χ3v) is 1.59. The summed E-state index contributed by atoms with van der Waals surface area (Å²) in [5, 5.41) is 8.48. The van der Waals surface area contributed by atoms with Gasteiger partial charge in [-0.15, -0.1) is 0 Å². The number of nitrogens with zero attached hydrogens (tertiary/aromatic N) is 1. The molecule has 0 N–H and O–H groups in total. The lowest BCUT2D eigenvalue weighted by molar-refractivity contribution is 0.299. The molecule has 74 valence electrons. The Kier molecular flexibility index (Phi) is 3.41. The van der Waals surface area contributed by atoms with Crippen LogP contribution in [0.2, 0.25) is 0 Å². The summed E-state index contributed by atoms with van der Waals surface area (Å²) in [4.78, 5) is 0. The highest BCUT2D eigenvalue weighted by Crippen LogP contribution is 2.22. The van der Waals surface area contributed by atoms with Crippen LogP contribution in [0.15, 0.2) is 12.1 Å². The van der Waals surface area contributed by atoms with Gasteiger partial charge in [0.25, 0.3) is 0 Å². The van der Waals surface area contributed by atoms with Gasteiger partial charge < -0.3 is 4.74 Å². The van der Waals surface area contributed by atoms with E-state index in [1.54, 1.807) is 6.07 Å². The molecular formula is C10H9F2NO. The Hall–Kier alpha value is -1.63. The Morgan fingerprint density at radius 1 is 1.43 bits per heavy atom. The molecule has 1 aromatic carbocycles. The highest BCUT2D eigenvalue weighted by Gasteiger charge is 2.11. The normalized spacial score (nSPS) is 9.57. The van der Waals surface area contributed by atoms with Crippen molar-refractivity contribution in [3.05, 3.63) is 29.3 Å². The van der Waals surface area contributed by atoms with Crippen molar-refractivity contribution in [2.45, 2.75) is 13.3 Å². The molecule has 14 heavy (non-hydrogen) atoms. The van der Waals surface area contributed by atoms with Crippen LogP contribution in [0.3, 0.4) is 0 Å². The molecule has 0 heterocycles. The average Bonchev–Trinajstić information content (AvgIpc) is 2.18. The minimum Gasteiger partial charge on any atom is -0.490 e. The molecule has 0 amide bonds. The highest BCUT2D eigenvalue weighted by atomic mass is 19.1. The van der Waals surface area contributed by atoms with Gasteiger partial charge in [-0.2, -0.15) is 5.26 Å². The summed E-state index contributed by atoms with van der Waals surface area (Å²) in [7, 11) is 0. The maximum absolute atomic E-state index is 13.3. The van der Waals surface area contributed by atoms with Crippen LogP contribution in [0.4, 0.5) is 8.78 Å². The van der Waals surface area contributed by atoms with Crippen LogP contribution in [-0.4, -0.2) is 6.61 Å². The summed E-state index contributed by atoms with van der Waals surface area (Å²) < 4.78 is 31.0. The molecule has 0 spiro atoms. The van der Waals surface area contributed by atoms with Crippen LogP contribution < -0.4 is 4.74 Å². The van der Waals surface area contributed by atoms with Crippen molar-refractivity contribution in [2.24, 2.45) is 0 Å². The summed E-state index contributed by atoms with van der Waals surface area (Å²) in [6, 6.07) is 3.34. The molecule has 0 aromatic heterocycles. The molecule has 0 aliphatic carbocycles. The first-order valence-electron chi connectivity index (χ1n) is 4.21. The number of nitriles is 1. The zero-order valence-electron chi connectivity index (χ0n) is 7.68. The van der Waals surface area contributed by atoms with E-state index in [-0.39, 0.29) is 11.3 Å². The smallest absolute Gasteiger partial charge is 0.182 e. The van der Waals surface area contributed by atoms with Crippen molar-refractivity contribution < 1.29 is 13.5 Å². The first kappa shape index (κ1) is 10.5. The summed E-state index contributed by atoms with van der Waals surface area (Å²) in [5.74, 6) is -1.68. The van der Waals surface area contributed by atoms with E-state index < -0.39 is 11.6 Å². The Balaban J connectivity index is 3.04. The molecule has 1 rings (SSSR count). The molecule has 1 aromatic rings. The minimum absolute atomic E-state index is 0.205. The van der Waals surface area contributed by atoms with E-state index in [1.165, 1.54) is 0 Å². The molecule has 0 radical (unpaired) electrons. The zero-order valence-corrected chi connectivity index (χ0v) is 7.68. The van der Waals surface area contributed by atoms with E-state index in [1.807, 2.05) is 6.92 Å². The summed E-state index contributed by atoms with van der Waals surface area (Å²) >= 11 is 0. The standard InChI is InChI=1S/C10H9F2NO/c1-2-3-14-9-5-8(11)4-7(6-13)10(9)12/h4-5H,2-3H2,1H3. The van der Waals surface area contributed by atoms with Crippen LogP contribution >= 0.6 is 0 Å². The average molecular weight is 197 g/mol. The lowest BCUT2D eigenvalue weighted by Gasteiger charge is -2.06. The van der Waals surface area contributed by atoms with Crippen LogP contribution in [-0.2, 0) is 0 Å². The van der Waals surface area contributed by atoms with Gasteiger partial charge in [0, 0.05) is 6.07 Å². The van der Waals surface area contributed by atoms with E-state index in [2.05, 4.69) is 0 Å². The molecule has 0 saturated carbocycles. The SMILES string of the molecule is CCCOc1cc(F)cc(C#N)c1F. The first-order valence-corrected chi connectivity index (χ1v) is 4.21. The maximum atomic E-state index is 13.3.